The molecule has 0 aliphatic heterocycles. The van der Waals surface area contributed by atoms with Crippen LogP contribution in [0.15, 0.2) is 66.9 Å². The highest BCUT2D eigenvalue weighted by Gasteiger charge is 2.08. The Bertz CT molecular complexity index is 967. The molecule has 0 bridgehead atoms. The number of hydrogen-bond acceptors (Lipinski definition) is 5. The van der Waals surface area contributed by atoms with Crippen LogP contribution in [0.25, 0.3) is 0 Å². The zero-order chi connectivity index (χ0) is 19.9. The average Bonchev–Trinajstić information content (AvgIpc) is 2.73. The molecule has 0 fully saturated rings. The summed E-state index contributed by atoms with van der Waals surface area (Å²) in [6.07, 6.45) is 1.58. The largest absolute Gasteiger partial charge is 0.497 e. The van der Waals surface area contributed by atoms with Crippen LogP contribution >= 0.6 is 0 Å². The molecular formula is C22H21N3O3. The molecule has 6 heteroatoms. The number of ketones is 1. The van der Waals surface area contributed by atoms with E-state index in [-0.39, 0.29) is 11.7 Å². The fourth-order valence-corrected chi connectivity index (χ4v) is 2.60. The second kappa shape index (κ2) is 8.81. The van der Waals surface area contributed by atoms with Gasteiger partial charge in [-0.05, 0) is 61.0 Å². The summed E-state index contributed by atoms with van der Waals surface area (Å²) in [5.74, 6) is 1.15. The maximum atomic E-state index is 12.4. The number of pyridine rings is 1. The molecule has 6 nitrogen and oxygen atoms in total. The first-order valence-corrected chi connectivity index (χ1v) is 8.80. The average molecular weight is 375 g/mol. The van der Waals surface area contributed by atoms with E-state index in [1.807, 2.05) is 24.3 Å². The summed E-state index contributed by atoms with van der Waals surface area (Å²) in [4.78, 5) is 28.0. The summed E-state index contributed by atoms with van der Waals surface area (Å²) < 4.78 is 5.13. The number of hydrogen-bond donors (Lipinski definition) is 2. The van der Waals surface area contributed by atoms with Gasteiger partial charge >= 0.3 is 0 Å². The molecule has 0 aliphatic carbocycles. The number of methoxy groups -OCH3 is 1. The molecule has 3 aromatic rings. The number of anilines is 2. The Hall–Kier alpha value is -3.67. The van der Waals surface area contributed by atoms with Gasteiger partial charge in [-0.2, -0.15) is 0 Å². The van der Waals surface area contributed by atoms with Gasteiger partial charge in [-0.3, -0.25) is 9.59 Å². The number of amides is 1. The highest BCUT2D eigenvalue weighted by Crippen LogP contribution is 2.17. The van der Waals surface area contributed by atoms with Crippen LogP contribution in [-0.4, -0.2) is 23.8 Å². The molecule has 1 heterocycles. The Morgan fingerprint density at radius 2 is 1.68 bits per heavy atom. The Morgan fingerprint density at radius 1 is 0.964 bits per heavy atom. The van der Waals surface area contributed by atoms with E-state index in [2.05, 4.69) is 15.6 Å². The fraction of sp³-hybridized carbons (Fsp3) is 0.136. The summed E-state index contributed by atoms with van der Waals surface area (Å²) in [6, 6.07) is 18.0. The number of nitrogens with zero attached hydrogens (tertiary/aromatic N) is 1. The first-order chi connectivity index (χ1) is 13.5. The van der Waals surface area contributed by atoms with Gasteiger partial charge < -0.3 is 15.4 Å². The number of carbonyl (C=O) groups excluding carboxylic acids is 2. The van der Waals surface area contributed by atoms with Crippen molar-refractivity contribution in [2.24, 2.45) is 0 Å². The Balaban J connectivity index is 1.62. The lowest BCUT2D eigenvalue weighted by atomic mass is 10.1. The maximum absolute atomic E-state index is 12.4. The van der Waals surface area contributed by atoms with E-state index in [0.717, 1.165) is 17.0 Å². The zero-order valence-electron chi connectivity index (χ0n) is 15.7. The third-order valence-electron chi connectivity index (χ3n) is 4.20. The Morgan fingerprint density at radius 3 is 2.32 bits per heavy atom. The summed E-state index contributed by atoms with van der Waals surface area (Å²) in [5.41, 5.74) is 2.91. The minimum absolute atomic E-state index is 0.0141. The van der Waals surface area contributed by atoms with Crippen molar-refractivity contribution in [3.8, 4) is 5.75 Å². The van der Waals surface area contributed by atoms with Gasteiger partial charge in [-0.1, -0.05) is 12.1 Å². The van der Waals surface area contributed by atoms with Crippen molar-refractivity contribution in [3.63, 3.8) is 0 Å². The van der Waals surface area contributed by atoms with Gasteiger partial charge in [-0.15, -0.1) is 0 Å². The van der Waals surface area contributed by atoms with Gasteiger partial charge in [0, 0.05) is 29.6 Å². The van der Waals surface area contributed by atoms with Gasteiger partial charge in [0.15, 0.2) is 5.78 Å². The third kappa shape index (κ3) is 4.94. The minimum Gasteiger partial charge on any atom is -0.497 e. The molecular weight excluding hydrogens is 354 g/mol. The molecule has 0 radical (unpaired) electrons. The van der Waals surface area contributed by atoms with Crippen LogP contribution in [0.4, 0.5) is 11.5 Å². The van der Waals surface area contributed by atoms with Gasteiger partial charge in [0.2, 0.25) is 0 Å². The van der Waals surface area contributed by atoms with Crippen molar-refractivity contribution >= 4 is 23.2 Å². The lowest BCUT2D eigenvalue weighted by Gasteiger charge is -2.09. The summed E-state index contributed by atoms with van der Waals surface area (Å²) in [7, 11) is 1.61. The number of Topliss-reactive ketones (excluding diaryl/α,β-unsaturated/α-hetero) is 1. The smallest absolute Gasteiger partial charge is 0.251 e. The van der Waals surface area contributed by atoms with Gasteiger partial charge in [0.25, 0.3) is 5.91 Å². The zero-order valence-corrected chi connectivity index (χ0v) is 15.7. The minimum atomic E-state index is -0.187. The van der Waals surface area contributed by atoms with Crippen LogP contribution in [0.1, 0.15) is 33.2 Å². The van der Waals surface area contributed by atoms with Crippen molar-refractivity contribution in [3.05, 3.63) is 83.6 Å². The van der Waals surface area contributed by atoms with Crippen LogP contribution < -0.4 is 15.4 Å². The summed E-state index contributed by atoms with van der Waals surface area (Å²) >= 11 is 0. The summed E-state index contributed by atoms with van der Waals surface area (Å²) in [6.45, 7) is 1.94. The standard InChI is InChI=1S/C22H21N3O3/c1-15(26)17-5-7-19(8-6-17)25-21-13-18(11-12-23-21)22(27)24-14-16-3-9-20(28-2)10-4-16/h3-13H,14H2,1-2H3,(H,23,25)(H,24,27). The third-order valence-corrected chi connectivity index (χ3v) is 4.20. The maximum Gasteiger partial charge on any atom is 0.251 e. The molecule has 1 aromatic heterocycles. The van der Waals surface area contributed by atoms with Gasteiger partial charge in [0.1, 0.15) is 11.6 Å². The monoisotopic (exact) mass is 375 g/mol. The van der Waals surface area contributed by atoms with E-state index in [1.54, 1.807) is 49.7 Å². The molecule has 0 saturated heterocycles. The lowest BCUT2D eigenvalue weighted by molar-refractivity contribution is 0.0950. The molecule has 3 rings (SSSR count). The second-order valence-electron chi connectivity index (χ2n) is 6.22. The Labute approximate surface area is 163 Å². The van der Waals surface area contributed by atoms with E-state index in [9.17, 15) is 9.59 Å². The lowest BCUT2D eigenvalue weighted by Crippen LogP contribution is -2.22. The number of nitrogens with one attached hydrogen (secondary N) is 2. The normalized spacial score (nSPS) is 10.2. The van der Waals surface area contributed by atoms with Crippen molar-refractivity contribution in [2.45, 2.75) is 13.5 Å². The molecule has 0 unspecified atom stereocenters. The molecule has 0 saturated carbocycles. The highest BCUT2D eigenvalue weighted by molar-refractivity contribution is 5.95. The van der Waals surface area contributed by atoms with Gasteiger partial charge in [0.05, 0.1) is 7.11 Å². The number of carbonyl (C=O) groups is 2. The van der Waals surface area contributed by atoms with E-state index in [1.165, 1.54) is 6.92 Å². The predicted octanol–water partition coefficient (Wildman–Crippen LogP) is 3.97. The molecule has 1 amide bonds. The number of aromatic nitrogens is 1. The molecule has 2 aromatic carbocycles. The van der Waals surface area contributed by atoms with Crippen LogP contribution in [0.2, 0.25) is 0 Å². The Kier molecular flexibility index (Phi) is 6.01. The highest BCUT2D eigenvalue weighted by atomic mass is 16.5. The molecule has 142 valence electrons. The second-order valence-corrected chi connectivity index (χ2v) is 6.22. The number of benzene rings is 2. The quantitative estimate of drug-likeness (QED) is 0.611. The molecule has 0 atom stereocenters. The first kappa shape index (κ1) is 19.1. The van der Waals surface area contributed by atoms with Crippen LogP contribution in [0.5, 0.6) is 5.75 Å². The van der Waals surface area contributed by atoms with Crippen molar-refractivity contribution < 1.29 is 14.3 Å². The predicted molar refractivity (Wildman–Crippen MR) is 108 cm³/mol. The van der Waals surface area contributed by atoms with E-state index in [0.29, 0.717) is 23.5 Å². The fourth-order valence-electron chi connectivity index (χ4n) is 2.60. The van der Waals surface area contributed by atoms with Crippen molar-refractivity contribution in [1.82, 2.24) is 10.3 Å². The van der Waals surface area contributed by atoms with Crippen molar-refractivity contribution in [2.75, 3.05) is 12.4 Å². The van der Waals surface area contributed by atoms with Gasteiger partial charge in [-0.25, -0.2) is 4.98 Å². The van der Waals surface area contributed by atoms with Crippen molar-refractivity contribution in [1.29, 1.82) is 0 Å². The SMILES string of the molecule is COc1ccc(CNC(=O)c2ccnc(Nc3ccc(C(C)=O)cc3)c2)cc1. The van der Waals surface area contributed by atoms with Crippen LogP contribution in [0, 0.1) is 0 Å². The van der Waals surface area contributed by atoms with E-state index < -0.39 is 0 Å². The number of rotatable bonds is 7. The molecule has 0 aliphatic rings. The van der Waals surface area contributed by atoms with Crippen LogP contribution in [0.3, 0.4) is 0 Å². The number of ether oxygens (including phenoxy) is 1. The summed E-state index contributed by atoms with van der Waals surface area (Å²) in [5, 5.41) is 6.03. The molecule has 2 N–H and O–H groups in total. The topological polar surface area (TPSA) is 80.3 Å². The molecule has 0 spiro atoms. The molecule has 28 heavy (non-hydrogen) atoms. The van der Waals surface area contributed by atoms with E-state index >= 15 is 0 Å². The first-order valence-electron chi connectivity index (χ1n) is 8.80. The van der Waals surface area contributed by atoms with E-state index in [4.69, 9.17) is 4.74 Å². The van der Waals surface area contributed by atoms with Crippen LogP contribution in [-0.2, 0) is 6.54 Å².